The average molecular weight is 1130 g/mol. The minimum Gasteiger partial charge on any atom is -0.468 e. The Morgan fingerprint density at radius 1 is 0.873 bits per heavy atom. The first-order valence-electron chi connectivity index (χ1n) is 24.6. The van der Waals surface area contributed by atoms with Gasteiger partial charge in [0.2, 0.25) is 6.54 Å². The topological polar surface area (TPSA) is 261 Å². The molecular weight excluding hydrogens is 1050 g/mol. The van der Waals surface area contributed by atoms with Gasteiger partial charge in [-0.1, -0.05) is 56.0 Å². The second kappa shape index (κ2) is 22.6. The van der Waals surface area contributed by atoms with Crippen LogP contribution < -0.4 is 21.7 Å². The molecule has 6 saturated heterocycles. The number of methoxy groups -OCH3 is 2. The number of nitrogens with one attached hydrogen (secondary N) is 3. The van der Waals surface area contributed by atoms with Crippen LogP contribution >= 0.6 is 23.2 Å². The zero-order valence-corrected chi connectivity index (χ0v) is 46.5. The van der Waals surface area contributed by atoms with Crippen molar-refractivity contribution in [1.29, 1.82) is 0 Å². The number of carbonyl (C=O) groups excluding carboxylic acids is 2. The number of rotatable bonds is 15. The summed E-state index contributed by atoms with van der Waals surface area (Å²) in [5.41, 5.74) is 3.46. The van der Waals surface area contributed by atoms with Crippen LogP contribution in [0.3, 0.4) is 0 Å². The van der Waals surface area contributed by atoms with Crippen molar-refractivity contribution in [2.45, 2.75) is 165 Å². The third kappa shape index (κ3) is 10.1. The maximum atomic E-state index is 13.4. The molecular formula is C48H81B2Cl2N6O12Pd-. The summed E-state index contributed by atoms with van der Waals surface area (Å²) in [6.45, 7) is 17.8. The first-order chi connectivity index (χ1) is 31.5. The number of carbonyl (C=O) groups is 2. The van der Waals surface area contributed by atoms with Crippen molar-refractivity contribution in [3.63, 3.8) is 0 Å². The van der Waals surface area contributed by atoms with Gasteiger partial charge in [-0.2, -0.15) is 0 Å². The standard InChI is InChI=1S/C25H36BCl2N3O6.C22H38BN3O4.CH3.2H2O.Pd/c1-22(2)23(3,4)37-26(36-22)12-7-10-24-11-13-29-25(24,21(32)35-5)16-30(20(24)15-31(33)34)14-17-18(27)8-6-9-19(17)28;1-19(2)14-10-15(19)20(3)17(11-14)29-23(30-20)8-5-6-21-7-9-26-22(21,18(27)28-4)13-25-16(21)12-24;;;;/h6,8-9,20,29H,7,10-16H2,1-5H3;14-17,25-26H,5-13,24H2,1-4H3;1H3;2*1H2;/q;;-1;;;/t20?,24-,25-;14-,15-,16?,17+,20-,21+,22+;;;;/m10..../s1. The molecule has 6 heterocycles. The molecule has 9 fully saturated rings. The van der Waals surface area contributed by atoms with E-state index in [-0.39, 0.29) is 107 Å². The zero-order valence-electron chi connectivity index (χ0n) is 43.4. The molecule has 71 heavy (non-hydrogen) atoms. The number of benzene rings is 1. The van der Waals surface area contributed by atoms with Gasteiger partial charge >= 0.3 is 26.2 Å². The maximum Gasteiger partial charge on any atom is 0.457 e. The third-order valence-corrected chi connectivity index (χ3v) is 19.7. The van der Waals surface area contributed by atoms with Gasteiger partial charge in [-0.05, 0) is 128 Å². The molecule has 23 heteroatoms. The number of fused-ring (bicyclic) bond motifs is 2. The van der Waals surface area contributed by atoms with Crippen LogP contribution in [0.5, 0.6) is 0 Å². The third-order valence-electron chi connectivity index (χ3n) is 19.0. The Morgan fingerprint density at radius 2 is 1.42 bits per heavy atom. The quantitative estimate of drug-likeness (QED) is 0.0627. The predicted octanol–water partition coefficient (Wildman–Crippen LogP) is 4.33. The van der Waals surface area contributed by atoms with E-state index in [1.807, 2.05) is 32.6 Å². The van der Waals surface area contributed by atoms with E-state index in [0.717, 1.165) is 44.5 Å². The number of likely N-dealkylation sites (tertiary alicyclic amines) is 1. The Balaban J connectivity index is 0.000000297. The van der Waals surface area contributed by atoms with Crippen LogP contribution in [-0.2, 0) is 64.6 Å². The number of nitrogens with two attached hydrogens (primary N) is 1. The summed E-state index contributed by atoms with van der Waals surface area (Å²) >= 11 is 12.9. The van der Waals surface area contributed by atoms with Gasteiger partial charge in [0.1, 0.15) is 11.1 Å². The van der Waals surface area contributed by atoms with Gasteiger partial charge < -0.3 is 68.2 Å². The van der Waals surface area contributed by atoms with Crippen LogP contribution in [0.15, 0.2) is 18.2 Å². The molecule has 9 N–H and O–H groups in total. The first kappa shape index (κ1) is 62.0. The van der Waals surface area contributed by atoms with E-state index in [2.05, 4.69) is 36.7 Å². The van der Waals surface area contributed by atoms with Gasteiger partial charge in [0.15, 0.2) is 0 Å². The van der Waals surface area contributed by atoms with Crippen molar-refractivity contribution in [2.24, 2.45) is 33.8 Å². The monoisotopic (exact) mass is 1130 g/mol. The molecule has 10 atom stereocenters. The molecule has 406 valence electrons. The second-order valence-electron chi connectivity index (χ2n) is 22.6. The second-order valence-corrected chi connectivity index (χ2v) is 23.4. The molecule has 0 aromatic heterocycles. The van der Waals surface area contributed by atoms with Crippen LogP contribution in [0.2, 0.25) is 22.7 Å². The number of nitrogens with zero attached hydrogens (tertiary/aromatic N) is 2. The fourth-order valence-corrected chi connectivity index (χ4v) is 15.1. The summed E-state index contributed by atoms with van der Waals surface area (Å²) in [4.78, 5) is 39.8. The normalized spacial score (nSPS) is 36.3. The van der Waals surface area contributed by atoms with Gasteiger partial charge in [-0.3, -0.25) is 15.0 Å². The number of halogens is 2. The van der Waals surface area contributed by atoms with Crippen molar-refractivity contribution < 1.29 is 74.0 Å². The number of nitro groups is 1. The Morgan fingerprint density at radius 3 is 1.99 bits per heavy atom. The molecule has 0 spiro atoms. The van der Waals surface area contributed by atoms with Gasteiger partial charge in [0.25, 0.3) is 0 Å². The van der Waals surface area contributed by atoms with E-state index < -0.39 is 39.7 Å². The van der Waals surface area contributed by atoms with Crippen LogP contribution in [0.25, 0.3) is 0 Å². The van der Waals surface area contributed by atoms with Crippen molar-refractivity contribution in [2.75, 3.05) is 53.5 Å². The summed E-state index contributed by atoms with van der Waals surface area (Å²) < 4.78 is 35.9. The summed E-state index contributed by atoms with van der Waals surface area (Å²) in [6.07, 6.45) is 8.74. The summed E-state index contributed by atoms with van der Waals surface area (Å²) in [6, 6.07) is 4.84. The van der Waals surface area contributed by atoms with Crippen LogP contribution in [0, 0.1) is 45.6 Å². The smallest absolute Gasteiger partial charge is 0.457 e. The molecule has 6 aliphatic heterocycles. The van der Waals surface area contributed by atoms with Crippen LogP contribution in [-0.4, -0.2) is 147 Å². The minimum atomic E-state index is -1.08. The minimum absolute atomic E-state index is 0. The Bertz CT molecular complexity index is 2040. The van der Waals surface area contributed by atoms with Crippen LogP contribution in [0.4, 0.5) is 0 Å². The van der Waals surface area contributed by atoms with E-state index in [1.54, 1.807) is 18.2 Å². The maximum absolute atomic E-state index is 13.4. The number of hydrogen-bond donors (Lipinski definition) is 4. The van der Waals surface area contributed by atoms with Gasteiger partial charge in [0, 0.05) is 84.0 Å². The van der Waals surface area contributed by atoms with Crippen molar-refractivity contribution in [3.8, 4) is 0 Å². The van der Waals surface area contributed by atoms with E-state index in [4.69, 9.17) is 57.0 Å². The first-order valence-corrected chi connectivity index (χ1v) is 25.4. The van der Waals surface area contributed by atoms with E-state index in [1.165, 1.54) is 20.6 Å². The van der Waals surface area contributed by atoms with Crippen molar-refractivity contribution >= 4 is 49.4 Å². The van der Waals surface area contributed by atoms with E-state index in [9.17, 15) is 19.7 Å². The SMILES string of the molecule is COC(=O)[C@]12CN(Cc3c(Cl)cccc3Cl)C(C[N+](=O)[O-])[C@@]1(CCCB1OC(C)(C)C(C)(C)O1)CCN2.COC(=O)[C@]12CNC(CN)[C@@]1(CCCB1O[C@@H]3C[C@@H]4C[C@@H](C4(C)C)[C@]3(C)O1)CCN2.O.O.[CH3-].[Pd]. The summed E-state index contributed by atoms with van der Waals surface area (Å²) in [7, 11) is 2.32. The van der Waals surface area contributed by atoms with Gasteiger partial charge in [-0.15, -0.1) is 0 Å². The Hall–Kier alpha value is -1.51. The Labute approximate surface area is 445 Å². The summed E-state index contributed by atoms with van der Waals surface area (Å²) in [5.74, 6) is 0.782. The zero-order chi connectivity index (χ0) is 48.6. The van der Waals surface area contributed by atoms with Crippen molar-refractivity contribution in [3.05, 3.63) is 51.3 Å². The number of ether oxygens (including phenoxy) is 2. The fraction of sp³-hybridized carbons (Fsp3) is 0.812. The van der Waals surface area contributed by atoms with E-state index >= 15 is 0 Å². The molecule has 9 aliphatic rings. The van der Waals surface area contributed by atoms with Crippen LogP contribution in [0.1, 0.15) is 105 Å². The van der Waals surface area contributed by atoms with Gasteiger partial charge in [-0.25, -0.2) is 9.59 Å². The molecule has 2 unspecified atom stereocenters. The largest absolute Gasteiger partial charge is 0.468 e. The molecule has 1 aromatic rings. The molecule has 10 rings (SSSR count). The van der Waals surface area contributed by atoms with Crippen molar-refractivity contribution in [1.82, 2.24) is 20.9 Å². The summed E-state index contributed by atoms with van der Waals surface area (Å²) in [5, 5.41) is 23.3. The molecule has 1 aromatic carbocycles. The molecule has 3 saturated carbocycles. The number of esters is 2. The fourth-order valence-electron chi connectivity index (χ4n) is 14.6. The number of hydrogen-bond acceptors (Lipinski definition) is 15. The van der Waals surface area contributed by atoms with Gasteiger partial charge in [0.05, 0.1) is 43.2 Å². The molecule has 0 radical (unpaired) electrons. The average Bonchev–Trinajstić information content (AvgIpc) is 4.07. The molecule has 2 bridgehead atoms. The molecule has 0 amide bonds. The Kier molecular flexibility index (Phi) is 19.7. The molecule has 18 nitrogen and oxygen atoms in total. The predicted molar refractivity (Wildman–Crippen MR) is 271 cm³/mol. The molecule has 3 aliphatic carbocycles. The van der Waals surface area contributed by atoms with E-state index in [0.29, 0.717) is 72.2 Å².